The molecule has 1 aromatic heterocycles. The number of thiazole rings is 1. The zero-order valence-corrected chi connectivity index (χ0v) is 14.0. The molecule has 1 aliphatic rings. The summed E-state index contributed by atoms with van der Waals surface area (Å²) in [5, 5.41) is 0.977. The fourth-order valence-corrected chi connectivity index (χ4v) is 3.62. The third-order valence-corrected chi connectivity index (χ3v) is 5.08. The molecule has 5 nitrogen and oxygen atoms in total. The zero-order valence-electron chi connectivity index (χ0n) is 13.1. The monoisotopic (exact) mass is 340 g/mol. The van der Waals surface area contributed by atoms with Gasteiger partial charge in [0.25, 0.3) is 0 Å². The highest BCUT2D eigenvalue weighted by Gasteiger charge is 2.32. The van der Waals surface area contributed by atoms with E-state index in [4.69, 9.17) is 9.47 Å². The normalized spacial score (nSPS) is 14.5. The van der Waals surface area contributed by atoms with Crippen molar-refractivity contribution in [2.24, 2.45) is 0 Å². The smallest absolute Gasteiger partial charge is 0.338 e. The molecule has 0 amide bonds. The summed E-state index contributed by atoms with van der Waals surface area (Å²) >= 11 is 1.66. The van der Waals surface area contributed by atoms with Crippen LogP contribution in [0, 0.1) is 0 Å². The fourth-order valence-electron chi connectivity index (χ4n) is 2.63. The molecule has 2 heterocycles. The summed E-state index contributed by atoms with van der Waals surface area (Å²) in [5.41, 5.74) is 1.52. The lowest BCUT2D eigenvalue weighted by Crippen LogP contribution is -2.53. The Morgan fingerprint density at radius 2 is 2.04 bits per heavy atom. The van der Waals surface area contributed by atoms with Gasteiger partial charge in [0.2, 0.25) is 0 Å². The van der Waals surface area contributed by atoms with Crippen LogP contribution in [-0.2, 0) is 4.74 Å². The van der Waals surface area contributed by atoms with Crippen LogP contribution in [0.15, 0.2) is 48.5 Å². The number of carbonyl (C=O) groups is 1. The van der Waals surface area contributed by atoms with E-state index in [1.165, 1.54) is 4.70 Å². The Morgan fingerprint density at radius 3 is 2.83 bits per heavy atom. The van der Waals surface area contributed by atoms with Crippen LogP contribution < -0.4 is 9.64 Å². The number of carbonyl (C=O) groups excluding carboxylic acids is 1. The quantitative estimate of drug-likeness (QED) is 0.682. The minimum atomic E-state index is -0.317. The first-order chi connectivity index (χ1) is 11.7. The van der Waals surface area contributed by atoms with Crippen molar-refractivity contribution in [3.63, 3.8) is 0 Å². The van der Waals surface area contributed by atoms with Gasteiger partial charge >= 0.3 is 5.97 Å². The molecule has 4 rings (SSSR count). The van der Waals surface area contributed by atoms with Crippen LogP contribution in [0.25, 0.3) is 10.2 Å². The number of nitrogens with zero attached hydrogens (tertiary/aromatic N) is 2. The molecule has 0 atom stereocenters. The zero-order chi connectivity index (χ0) is 16.5. The lowest BCUT2D eigenvalue weighted by atomic mass is 10.1. The summed E-state index contributed by atoms with van der Waals surface area (Å²) in [6.07, 6.45) is -0.101. The Labute approximate surface area is 143 Å². The first kappa shape index (κ1) is 15.0. The summed E-state index contributed by atoms with van der Waals surface area (Å²) < 4.78 is 11.8. The molecule has 1 fully saturated rings. The molecule has 0 radical (unpaired) electrons. The van der Waals surface area contributed by atoms with Crippen molar-refractivity contribution in [2.45, 2.75) is 6.10 Å². The Bertz CT molecular complexity index is 854. The Morgan fingerprint density at radius 1 is 1.21 bits per heavy atom. The van der Waals surface area contributed by atoms with Gasteiger partial charge in [-0.3, -0.25) is 0 Å². The van der Waals surface area contributed by atoms with E-state index in [1.807, 2.05) is 18.2 Å². The molecular formula is C18H16N2O3S. The van der Waals surface area contributed by atoms with Crippen molar-refractivity contribution in [2.75, 3.05) is 25.1 Å². The van der Waals surface area contributed by atoms with Gasteiger partial charge in [0, 0.05) is 0 Å². The fraction of sp³-hybridized carbons (Fsp3) is 0.222. The number of rotatable bonds is 4. The van der Waals surface area contributed by atoms with Crippen molar-refractivity contribution in [3.8, 4) is 5.75 Å². The number of fused-ring (bicyclic) bond motifs is 1. The summed E-state index contributed by atoms with van der Waals surface area (Å²) in [4.78, 5) is 18.9. The second-order valence-electron chi connectivity index (χ2n) is 5.63. The molecule has 0 bridgehead atoms. The van der Waals surface area contributed by atoms with Crippen LogP contribution in [0.5, 0.6) is 5.75 Å². The van der Waals surface area contributed by atoms with Crippen LogP contribution in [-0.4, -0.2) is 37.3 Å². The van der Waals surface area contributed by atoms with Crippen LogP contribution in [0.3, 0.4) is 0 Å². The topological polar surface area (TPSA) is 51.7 Å². The molecular weight excluding hydrogens is 324 g/mol. The van der Waals surface area contributed by atoms with Gasteiger partial charge in [0.1, 0.15) is 11.9 Å². The highest BCUT2D eigenvalue weighted by Crippen LogP contribution is 2.32. The summed E-state index contributed by atoms with van der Waals surface area (Å²) in [6, 6.07) is 15.1. The number of anilines is 1. The van der Waals surface area contributed by atoms with Crippen LogP contribution in [0.1, 0.15) is 10.4 Å². The van der Waals surface area contributed by atoms with Crippen molar-refractivity contribution in [1.29, 1.82) is 0 Å². The number of hydrogen-bond donors (Lipinski definition) is 0. The van der Waals surface area contributed by atoms with Crippen molar-refractivity contribution >= 4 is 32.7 Å². The molecule has 1 aliphatic heterocycles. The van der Waals surface area contributed by atoms with Gasteiger partial charge in [-0.2, -0.15) is 0 Å². The highest BCUT2D eigenvalue weighted by molar-refractivity contribution is 7.22. The molecule has 0 N–H and O–H groups in total. The van der Waals surface area contributed by atoms with E-state index in [9.17, 15) is 4.79 Å². The minimum absolute atomic E-state index is 0.101. The van der Waals surface area contributed by atoms with E-state index in [2.05, 4.69) is 16.0 Å². The highest BCUT2D eigenvalue weighted by atomic mass is 32.1. The van der Waals surface area contributed by atoms with Gasteiger partial charge in [-0.25, -0.2) is 9.78 Å². The molecule has 0 aliphatic carbocycles. The summed E-state index contributed by atoms with van der Waals surface area (Å²) in [6.45, 7) is 1.35. The van der Waals surface area contributed by atoms with Gasteiger partial charge in [-0.1, -0.05) is 29.5 Å². The SMILES string of the molecule is COc1cccc(C(=O)OC2CN(c3nc4ccccc4s3)C2)c1. The molecule has 122 valence electrons. The number of ether oxygens (including phenoxy) is 2. The predicted molar refractivity (Wildman–Crippen MR) is 94.0 cm³/mol. The molecule has 0 unspecified atom stereocenters. The second-order valence-corrected chi connectivity index (χ2v) is 6.64. The van der Waals surface area contributed by atoms with Gasteiger partial charge in [-0.15, -0.1) is 0 Å². The predicted octanol–water partition coefficient (Wildman–Crippen LogP) is 3.35. The Hall–Kier alpha value is -2.60. The first-order valence-corrected chi connectivity index (χ1v) is 8.50. The molecule has 24 heavy (non-hydrogen) atoms. The van der Waals surface area contributed by atoms with E-state index < -0.39 is 0 Å². The average Bonchev–Trinajstić information content (AvgIpc) is 3.01. The molecule has 3 aromatic rings. The van der Waals surface area contributed by atoms with Crippen molar-refractivity contribution in [1.82, 2.24) is 4.98 Å². The molecule has 0 spiro atoms. The number of hydrogen-bond acceptors (Lipinski definition) is 6. The van der Waals surface area contributed by atoms with Crippen molar-refractivity contribution < 1.29 is 14.3 Å². The number of methoxy groups -OCH3 is 1. The van der Waals surface area contributed by atoms with E-state index in [1.54, 1.807) is 42.7 Å². The minimum Gasteiger partial charge on any atom is -0.497 e. The van der Waals surface area contributed by atoms with Crippen molar-refractivity contribution in [3.05, 3.63) is 54.1 Å². The van der Waals surface area contributed by atoms with Gasteiger partial charge in [0.05, 0.1) is 36.0 Å². The molecule has 2 aromatic carbocycles. The largest absolute Gasteiger partial charge is 0.497 e. The molecule has 0 saturated carbocycles. The van der Waals surface area contributed by atoms with E-state index >= 15 is 0 Å². The number of aromatic nitrogens is 1. The standard InChI is InChI=1S/C18H16N2O3S/c1-22-13-6-4-5-12(9-13)17(21)23-14-10-20(11-14)18-19-15-7-2-3-8-16(15)24-18/h2-9,14H,10-11H2,1H3. The van der Waals surface area contributed by atoms with Crippen LogP contribution in [0.4, 0.5) is 5.13 Å². The van der Waals surface area contributed by atoms with E-state index in [0.717, 1.165) is 10.6 Å². The van der Waals surface area contributed by atoms with Crippen LogP contribution >= 0.6 is 11.3 Å². The lowest BCUT2D eigenvalue weighted by Gasteiger charge is -2.38. The van der Waals surface area contributed by atoms with Gasteiger partial charge in [0.15, 0.2) is 5.13 Å². The second kappa shape index (κ2) is 6.13. The third-order valence-electron chi connectivity index (χ3n) is 3.98. The van der Waals surface area contributed by atoms with E-state index in [0.29, 0.717) is 24.4 Å². The van der Waals surface area contributed by atoms with Gasteiger partial charge in [-0.05, 0) is 30.3 Å². The van der Waals surface area contributed by atoms with Crippen LogP contribution in [0.2, 0.25) is 0 Å². The third kappa shape index (κ3) is 2.80. The summed E-state index contributed by atoms with van der Waals surface area (Å²) in [5.74, 6) is 0.331. The maximum atomic E-state index is 12.2. The number of benzene rings is 2. The molecule has 1 saturated heterocycles. The van der Waals surface area contributed by atoms with E-state index in [-0.39, 0.29) is 12.1 Å². The first-order valence-electron chi connectivity index (χ1n) is 7.68. The summed E-state index contributed by atoms with van der Waals surface area (Å²) in [7, 11) is 1.58. The Kier molecular flexibility index (Phi) is 3.82. The Balaban J connectivity index is 1.38. The average molecular weight is 340 g/mol. The maximum absolute atomic E-state index is 12.2. The lowest BCUT2D eigenvalue weighted by molar-refractivity contribution is 0.0234. The maximum Gasteiger partial charge on any atom is 0.338 e. The number of para-hydroxylation sites is 1. The molecule has 6 heteroatoms. The van der Waals surface area contributed by atoms with Gasteiger partial charge < -0.3 is 14.4 Å². The number of esters is 1.